The monoisotopic (exact) mass is 385 g/mol. The van der Waals surface area contributed by atoms with Gasteiger partial charge in [0.05, 0.1) is 31.5 Å². The second-order valence-corrected chi connectivity index (χ2v) is 5.83. The molecule has 1 heterocycles. The molecular weight excluding hydrogens is 363 g/mol. The molecule has 0 aliphatic rings. The van der Waals surface area contributed by atoms with Crippen molar-refractivity contribution in [1.29, 1.82) is 0 Å². The predicted octanol–water partition coefficient (Wildman–Crippen LogP) is 3.33. The number of nitrogens with zero attached hydrogens (tertiary/aromatic N) is 2. The minimum Gasteiger partial charge on any atom is -0.382 e. The topological polar surface area (TPSA) is 65.4 Å². The first kappa shape index (κ1) is 20.9. The summed E-state index contributed by atoms with van der Waals surface area (Å²) in [5, 5.41) is 6.86. The van der Waals surface area contributed by atoms with Crippen LogP contribution in [0.3, 0.4) is 0 Å². The van der Waals surface area contributed by atoms with Crippen LogP contribution in [-0.4, -0.2) is 42.6 Å². The summed E-state index contributed by atoms with van der Waals surface area (Å²) >= 11 is 0. The number of alkyl halides is 3. The smallest absolute Gasteiger partial charge is 0.382 e. The van der Waals surface area contributed by atoms with Crippen LogP contribution in [-0.2, 0) is 27.0 Å². The van der Waals surface area contributed by atoms with E-state index < -0.39 is 11.7 Å². The number of methoxy groups -OCH3 is 1. The van der Waals surface area contributed by atoms with Crippen molar-refractivity contribution in [3.63, 3.8) is 0 Å². The molecule has 0 spiro atoms. The largest absolute Gasteiger partial charge is 0.416 e. The van der Waals surface area contributed by atoms with E-state index in [1.165, 1.54) is 23.0 Å². The number of rotatable bonds is 10. The summed E-state index contributed by atoms with van der Waals surface area (Å²) in [5.41, 5.74) is -0.0540. The molecule has 0 aliphatic heterocycles. The number of nitrogens with one attached hydrogen (secondary N) is 1. The normalized spacial score (nSPS) is 11.6. The molecular formula is C18H22F3N3O3. The maximum Gasteiger partial charge on any atom is 0.416 e. The molecule has 0 bridgehead atoms. The number of aromatic nitrogens is 2. The molecule has 27 heavy (non-hydrogen) atoms. The molecule has 0 radical (unpaired) electrons. The van der Waals surface area contributed by atoms with Crippen LogP contribution in [0.5, 0.6) is 0 Å². The number of ether oxygens (including phenoxy) is 2. The van der Waals surface area contributed by atoms with Gasteiger partial charge in [-0.3, -0.25) is 4.79 Å². The highest BCUT2D eigenvalue weighted by molar-refractivity contribution is 5.89. The number of benzene rings is 1. The van der Waals surface area contributed by atoms with Crippen molar-refractivity contribution in [2.24, 2.45) is 0 Å². The summed E-state index contributed by atoms with van der Waals surface area (Å²) < 4.78 is 49.5. The molecule has 148 valence electrons. The van der Waals surface area contributed by atoms with Crippen molar-refractivity contribution in [1.82, 2.24) is 9.78 Å². The Morgan fingerprint density at radius 1 is 1.15 bits per heavy atom. The Bertz CT molecular complexity index is 715. The lowest BCUT2D eigenvalue weighted by atomic mass is 10.1. The summed E-state index contributed by atoms with van der Waals surface area (Å²) in [6.07, 6.45) is -1.98. The molecule has 1 N–H and O–H groups in total. The molecule has 0 aliphatic carbocycles. The minimum atomic E-state index is -4.36. The quantitative estimate of drug-likeness (QED) is 0.637. The van der Waals surface area contributed by atoms with E-state index in [1.54, 1.807) is 13.2 Å². The van der Waals surface area contributed by atoms with Gasteiger partial charge >= 0.3 is 6.18 Å². The number of carbonyl (C=O) groups is 1. The highest BCUT2D eigenvalue weighted by Gasteiger charge is 2.29. The standard InChI is InChI=1S/C18H22F3N3O3/c1-26-11-12-27-10-2-3-17(25)23-16-8-9-22-24(16)13-14-4-6-15(7-5-14)18(19,20)21/h4-9H,2-3,10-13H2,1H3,(H,23,25). The number of halogens is 3. The number of hydrogen-bond acceptors (Lipinski definition) is 4. The molecule has 0 saturated carbocycles. The third-order valence-corrected chi connectivity index (χ3v) is 3.72. The van der Waals surface area contributed by atoms with Gasteiger partial charge in [0, 0.05) is 26.2 Å². The van der Waals surface area contributed by atoms with Crippen LogP contribution in [0.1, 0.15) is 24.0 Å². The first-order chi connectivity index (χ1) is 12.9. The van der Waals surface area contributed by atoms with Gasteiger partial charge in [0.1, 0.15) is 5.82 Å². The molecule has 1 aromatic carbocycles. The fourth-order valence-corrected chi connectivity index (χ4v) is 2.32. The molecule has 6 nitrogen and oxygen atoms in total. The highest BCUT2D eigenvalue weighted by Crippen LogP contribution is 2.29. The van der Waals surface area contributed by atoms with Gasteiger partial charge in [-0.2, -0.15) is 18.3 Å². The Morgan fingerprint density at radius 3 is 2.56 bits per heavy atom. The van der Waals surface area contributed by atoms with Gasteiger partial charge in [-0.25, -0.2) is 4.68 Å². The summed E-state index contributed by atoms with van der Waals surface area (Å²) in [6.45, 7) is 1.70. The fourth-order valence-electron chi connectivity index (χ4n) is 2.32. The summed E-state index contributed by atoms with van der Waals surface area (Å²) in [6, 6.07) is 6.49. The van der Waals surface area contributed by atoms with E-state index in [9.17, 15) is 18.0 Å². The van der Waals surface area contributed by atoms with Crippen LogP contribution < -0.4 is 5.32 Å². The predicted molar refractivity (Wildman–Crippen MR) is 93.3 cm³/mol. The zero-order valence-corrected chi connectivity index (χ0v) is 15.0. The van der Waals surface area contributed by atoms with Crippen molar-refractivity contribution in [3.8, 4) is 0 Å². The van der Waals surface area contributed by atoms with Gasteiger partial charge in [-0.15, -0.1) is 0 Å². The first-order valence-electron chi connectivity index (χ1n) is 8.44. The maximum atomic E-state index is 12.6. The third-order valence-electron chi connectivity index (χ3n) is 3.72. The van der Waals surface area contributed by atoms with E-state index in [-0.39, 0.29) is 12.5 Å². The Balaban J connectivity index is 1.84. The van der Waals surface area contributed by atoms with Crippen LogP contribution in [0.25, 0.3) is 0 Å². The van der Waals surface area contributed by atoms with E-state index in [2.05, 4.69) is 10.4 Å². The van der Waals surface area contributed by atoms with E-state index in [0.717, 1.165) is 12.1 Å². The van der Waals surface area contributed by atoms with Crippen molar-refractivity contribution in [3.05, 3.63) is 47.7 Å². The van der Waals surface area contributed by atoms with E-state index >= 15 is 0 Å². The zero-order chi connectivity index (χ0) is 19.7. The van der Waals surface area contributed by atoms with E-state index in [0.29, 0.717) is 44.0 Å². The summed E-state index contributed by atoms with van der Waals surface area (Å²) in [5.74, 6) is 0.305. The number of carbonyl (C=O) groups excluding carboxylic acids is 1. The van der Waals surface area contributed by atoms with Crippen LogP contribution in [0.2, 0.25) is 0 Å². The van der Waals surface area contributed by atoms with E-state index in [4.69, 9.17) is 9.47 Å². The maximum absolute atomic E-state index is 12.6. The van der Waals surface area contributed by atoms with Gasteiger partial charge in [-0.05, 0) is 24.1 Å². The Kier molecular flexibility index (Phi) is 7.81. The summed E-state index contributed by atoms with van der Waals surface area (Å²) in [4.78, 5) is 12.0. The Morgan fingerprint density at radius 2 is 1.89 bits per heavy atom. The average Bonchev–Trinajstić information content (AvgIpc) is 3.04. The Hall–Kier alpha value is -2.39. The van der Waals surface area contributed by atoms with Gasteiger partial charge < -0.3 is 14.8 Å². The molecule has 9 heteroatoms. The highest BCUT2D eigenvalue weighted by atomic mass is 19.4. The molecule has 2 rings (SSSR count). The SMILES string of the molecule is COCCOCCCC(=O)Nc1ccnn1Cc1ccc(C(F)(F)F)cc1. The van der Waals surface area contributed by atoms with Crippen molar-refractivity contribution in [2.45, 2.75) is 25.6 Å². The van der Waals surface area contributed by atoms with Crippen molar-refractivity contribution in [2.75, 3.05) is 32.2 Å². The van der Waals surface area contributed by atoms with Crippen LogP contribution >= 0.6 is 0 Å². The van der Waals surface area contributed by atoms with Gasteiger partial charge in [0.25, 0.3) is 0 Å². The minimum absolute atomic E-state index is 0.181. The third kappa shape index (κ3) is 7.03. The van der Waals surface area contributed by atoms with Crippen molar-refractivity contribution < 1.29 is 27.4 Å². The Labute approximate surface area is 155 Å². The molecule has 0 unspecified atom stereocenters. The number of anilines is 1. The molecule has 2 aromatic rings. The lowest BCUT2D eigenvalue weighted by Crippen LogP contribution is -2.16. The van der Waals surface area contributed by atoms with Crippen molar-refractivity contribution >= 4 is 11.7 Å². The van der Waals surface area contributed by atoms with Gasteiger partial charge in [0.2, 0.25) is 5.91 Å². The molecule has 1 amide bonds. The first-order valence-corrected chi connectivity index (χ1v) is 8.44. The molecule has 0 atom stereocenters. The molecule has 1 aromatic heterocycles. The second-order valence-electron chi connectivity index (χ2n) is 5.83. The second kappa shape index (κ2) is 10.1. The lowest BCUT2D eigenvalue weighted by Gasteiger charge is -2.11. The zero-order valence-electron chi connectivity index (χ0n) is 15.0. The van der Waals surface area contributed by atoms with Gasteiger partial charge in [-0.1, -0.05) is 12.1 Å². The van der Waals surface area contributed by atoms with Gasteiger partial charge in [0.15, 0.2) is 0 Å². The fraction of sp³-hybridized carbons (Fsp3) is 0.444. The lowest BCUT2D eigenvalue weighted by molar-refractivity contribution is -0.137. The number of hydrogen-bond donors (Lipinski definition) is 1. The molecule has 0 fully saturated rings. The van der Waals surface area contributed by atoms with Crippen LogP contribution in [0.15, 0.2) is 36.5 Å². The summed E-state index contributed by atoms with van der Waals surface area (Å²) in [7, 11) is 1.59. The molecule has 0 saturated heterocycles. The van der Waals surface area contributed by atoms with Crippen LogP contribution in [0.4, 0.5) is 19.0 Å². The van der Waals surface area contributed by atoms with Crippen LogP contribution in [0, 0.1) is 0 Å². The average molecular weight is 385 g/mol. The van der Waals surface area contributed by atoms with E-state index in [1.807, 2.05) is 0 Å². The number of amides is 1.